The van der Waals surface area contributed by atoms with Crippen LogP contribution in [0.1, 0.15) is 31.6 Å². The Hall–Kier alpha value is -0.470. The Kier molecular flexibility index (Phi) is 6.19. The first-order chi connectivity index (χ1) is 9.97. The maximum absolute atomic E-state index is 12.2. The van der Waals surface area contributed by atoms with Gasteiger partial charge < -0.3 is 10.1 Å². The number of hydrogen-bond acceptors (Lipinski definition) is 5. The topological polar surface area (TPSA) is 67.4 Å². The van der Waals surface area contributed by atoms with E-state index >= 15 is 0 Å². The summed E-state index contributed by atoms with van der Waals surface area (Å²) in [5, 5.41) is 3.33. The second-order valence-corrected chi connectivity index (χ2v) is 8.73. The molecule has 2 rings (SSSR count). The highest BCUT2D eigenvalue weighted by molar-refractivity contribution is 7.91. The van der Waals surface area contributed by atoms with Gasteiger partial charge in [-0.3, -0.25) is 0 Å². The lowest BCUT2D eigenvalue weighted by molar-refractivity contribution is 0.114. The normalized spacial score (nSPS) is 19.5. The molecule has 2 N–H and O–H groups in total. The van der Waals surface area contributed by atoms with Crippen LogP contribution in [0.5, 0.6) is 0 Å². The van der Waals surface area contributed by atoms with Gasteiger partial charge >= 0.3 is 0 Å². The zero-order valence-electron chi connectivity index (χ0n) is 12.6. The fourth-order valence-corrected chi connectivity index (χ4v) is 4.67. The Bertz CT molecular complexity index is 534. The van der Waals surface area contributed by atoms with E-state index in [2.05, 4.69) is 23.9 Å². The Morgan fingerprint density at radius 2 is 2.24 bits per heavy atom. The van der Waals surface area contributed by atoms with E-state index in [1.807, 2.05) is 6.07 Å². The lowest BCUT2D eigenvalue weighted by Crippen LogP contribution is -2.31. The van der Waals surface area contributed by atoms with Gasteiger partial charge in [-0.25, -0.2) is 13.1 Å². The van der Waals surface area contributed by atoms with Gasteiger partial charge in [-0.05, 0) is 31.4 Å². The van der Waals surface area contributed by atoms with E-state index in [1.54, 1.807) is 6.07 Å². The van der Waals surface area contributed by atoms with Gasteiger partial charge in [-0.15, -0.1) is 11.3 Å². The highest BCUT2D eigenvalue weighted by Gasteiger charge is 2.21. The summed E-state index contributed by atoms with van der Waals surface area (Å²) in [6.07, 6.45) is 2.82. The van der Waals surface area contributed by atoms with Crippen molar-refractivity contribution in [2.45, 2.75) is 49.5 Å². The van der Waals surface area contributed by atoms with Crippen molar-refractivity contribution in [2.24, 2.45) is 0 Å². The standard InChI is InChI=1S/C14H24N2O3S2/c1-11(2)15-8-7-13-5-6-14(20-13)21(17,18)16-10-12-4-3-9-19-12/h5-6,11-12,15-16H,3-4,7-10H2,1-2H3. The van der Waals surface area contributed by atoms with Gasteiger partial charge in [0.1, 0.15) is 4.21 Å². The molecule has 1 saturated heterocycles. The summed E-state index contributed by atoms with van der Waals surface area (Å²) in [7, 11) is -3.40. The van der Waals surface area contributed by atoms with Crippen LogP contribution >= 0.6 is 11.3 Å². The predicted octanol–water partition coefficient (Wildman–Crippen LogP) is 1.75. The highest BCUT2D eigenvalue weighted by atomic mass is 32.2. The third-order valence-corrected chi connectivity index (χ3v) is 6.41. The Labute approximate surface area is 131 Å². The third-order valence-electron chi connectivity index (χ3n) is 3.35. The van der Waals surface area contributed by atoms with E-state index in [9.17, 15) is 8.42 Å². The van der Waals surface area contributed by atoms with Gasteiger partial charge in [-0.2, -0.15) is 0 Å². The second-order valence-electron chi connectivity index (χ2n) is 5.57. The molecule has 2 heterocycles. The van der Waals surface area contributed by atoms with Gasteiger partial charge in [0.2, 0.25) is 10.0 Å². The number of ether oxygens (including phenoxy) is 1. The fraction of sp³-hybridized carbons (Fsp3) is 0.714. The molecule has 1 aromatic rings. The molecular formula is C14H24N2O3S2. The number of rotatable bonds is 8. The molecule has 21 heavy (non-hydrogen) atoms. The summed E-state index contributed by atoms with van der Waals surface area (Å²) in [6.45, 7) is 6.16. The van der Waals surface area contributed by atoms with Gasteiger partial charge in [0.15, 0.2) is 0 Å². The molecule has 0 radical (unpaired) electrons. The quantitative estimate of drug-likeness (QED) is 0.761. The van der Waals surface area contributed by atoms with Crippen LogP contribution in [-0.2, 0) is 21.2 Å². The fourth-order valence-electron chi connectivity index (χ4n) is 2.20. The van der Waals surface area contributed by atoms with Crippen LogP contribution in [0.25, 0.3) is 0 Å². The van der Waals surface area contributed by atoms with E-state index in [0.717, 1.165) is 37.3 Å². The summed E-state index contributed by atoms with van der Waals surface area (Å²) in [4.78, 5) is 1.08. The van der Waals surface area contributed by atoms with Crippen LogP contribution in [0, 0.1) is 0 Å². The average molecular weight is 332 g/mol. The zero-order valence-corrected chi connectivity index (χ0v) is 14.2. The maximum atomic E-state index is 12.2. The molecule has 1 unspecified atom stereocenters. The Morgan fingerprint density at radius 1 is 1.43 bits per heavy atom. The van der Waals surface area contributed by atoms with Crippen LogP contribution in [-0.4, -0.2) is 40.3 Å². The highest BCUT2D eigenvalue weighted by Crippen LogP contribution is 2.22. The van der Waals surface area contributed by atoms with Gasteiger partial charge in [0.25, 0.3) is 0 Å². The van der Waals surface area contributed by atoms with E-state index in [1.165, 1.54) is 11.3 Å². The molecule has 1 atom stereocenters. The first-order valence-corrected chi connectivity index (χ1v) is 9.71. The average Bonchev–Trinajstić information content (AvgIpc) is 3.07. The molecule has 1 fully saturated rings. The molecular weight excluding hydrogens is 308 g/mol. The number of hydrogen-bond donors (Lipinski definition) is 2. The Morgan fingerprint density at radius 3 is 2.90 bits per heavy atom. The SMILES string of the molecule is CC(C)NCCc1ccc(S(=O)(=O)NCC2CCCO2)s1. The van der Waals surface area contributed by atoms with Crippen LogP contribution < -0.4 is 10.0 Å². The third kappa shape index (κ3) is 5.34. The van der Waals surface area contributed by atoms with Crippen LogP contribution in [0.2, 0.25) is 0 Å². The first kappa shape index (κ1) is 16.9. The van der Waals surface area contributed by atoms with Crippen molar-refractivity contribution in [3.05, 3.63) is 17.0 Å². The van der Waals surface area contributed by atoms with Gasteiger partial charge in [0, 0.05) is 30.6 Å². The van der Waals surface area contributed by atoms with Crippen molar-refractivity contribution in [3.63, 3.8) is 0 Å². The van der Waals surface area contributed by atoms with Gasteiger partial charge in [0.05, 0.1) is 6.10 Å². The summed E-state index contributed by atoms with van der Waals surface area (Å²) in [6, 6.07) is 4.03. The smallest absolute Gasteiger partial charge is 0.250 e. The van der Waals surface area contributed by atoms with Crippen molar-refractivity contribution >= 4 is 21.4 Å². The van der Waals surface area contributed by atoms with Crippen LogP contribution in [0.15, 0.2) is 16.3 Å². The number of sulfonamides is 1. The summed E-state index contributed by atoms with van der Waals surface area (Å²) < 4.78 is 32.9. The molecule has 0 aromatic carbocycles. The molecule has 0 bridgehead atoms. The van der Waals surface area contributed by atoms with Crippen LogP contribution in [0.3, 0.4) is 0 Å². The minimum Gasteiger partial charge on any atom is -0.377 e. The second kappa shape index (κ2) is 7.69. The minimum absolute atomic E-state index is 0.0226. The van der Waals surface area contributed by atoms with E-state index in [4.69, 9.17) is 4.74 Å². The van der Waals surface area contributed by atoms with Crippen molar-refractivity contribution in [3.8, 4) is 0 Å². The minimum atomic E-state index is -3.40. The summed E-state index contributed by atoms with van der Waals surface area (Å²) >= 11 is 1.34. The molecule has 0 saturated carbocycles. The zero-order chi connectivity index (χ0) is 15.3. The monoisotopic (exact) mass is 332 g/mol. The maximum Gasteiger partial charge on any atom is 0.250 e. The van der Waals surface area contributed by atoms with Crippen molar-refractivity contribution in [1.82, 2.24) is 10.0 Å². The predicted molar refractivity (Wildman–Crippen MR) is 85.3 cm³/mol. The molecule has 120 valence electrons. The molecule has 1 aromatic heterocycles. The molecule has 1 aliphatic rings. The van der Waals surface area contributed by atoms with E-state index < -0.39 is 10.0 Å². The lowest BCUT2D eigenvalue weighted by Gasteiger charge is -2.10. The molecule has 5 nitrogen and oxygen atoms in total. The van der Waals surface area contributed by atoms with E-state index in [-0.39, 0.29) is 6.10 Å². The molecule has 1 aliphatic heterocycles. The molecule has 0 spiro atoms. The van der Waals surface area contributed by atoms with Crippen molar-refractivity contribution < 1.29 is 13.2 Å². The van der Waals surface area contributed by atoms with Gasteiger partial charge in [-0.1, -0.05) is 13.8 Å². The first-order valence-electron chi connectivity index (χ1n) is 7.41. The lowest BCUT2D eigenvalue weighted by atomic mass is 10.2. The van der Waals surface area contributed by atoms with E-state index in [0.29, 0.717) is 16.8 Å². The summed E-state index contributed by atoms with van der Waals surface area (Å²) in [5.74, 6) is 0. The Balaban J connectivity index is 1.86. The number of nitrogens with one attached hydrogen (secondary N) is 2. The molecule has 0 amide bonds. The number of thiophene rings is 1. The van der Waals surface area contributed by atoms with Crippen molar-refractivity contribution in [2.75, 3.05) is 19.7 Å². The molecule has 7 heteroatoms. The largest absolute Gasteiger partial charge is 0.377 e. The van der Waals surface area contributed by atoms with Crippen molar-refractivity contribution in [1.29, 1.82) is 0 Å². The molecule has 0 aliphatic carbocycles. The van der Waals surface area contributed by atoms with Crippen LogP contribution in [0.4, 0.5) is 0 Å². The summed E-state index contributed by atoms with van der Waals surface area (Å²) in [5.41, 5.74) is 0.